The lowest BCUT2D eigenvalue weighted by molar-refractivity contribution is -0.137. The third kappa shape index (κ3) is 5.41. The first-order valence-corrected chi connectivity index (χ1v) is 7.08. The standard InChI is InChI=1S/C14H22F3N3O/c1-4-18-12-9-11(14(15,16)17)10-13(19-12)20(5-2)7-8-21-6-3/h9-10H,4-8H2,1-3H3,(H,18,19). The van der Waals surface area contributed by atoms with Gasteiger partial charge in [0.25, 0.3) is 0 Å². The van der Waals surface area contributed by atoms with Gasteiger partial charge in [-0.1, -0.05) is 0 Å². The van der Waals surface area contributed by atoms with E-state index in [0.29, 0.717) is 38.7 Å². The summed E-state index contributed by atoms with van der Waals surface area (Å²) in [4.78, 5) is 6.02. The molecule has 1 heterocycles. The summed E-state index contributed by atoms with van der Waals surface area (Å²) in [6.07, 6.45) is -4.39. The van der Waals surface area contributed by atoms with Crippen LogP contribution in [0.15, 0.2) is 12.1 Å². The molecule has 0 atom stereocenters. The lowest BCUT2D eigenvalue weighted by Gasteiger charge is -2.23. The molecule has 0 spiro atoms. The maximum atomic E-state index is 13.0. The Bertz CT molecular complexity index is 438. The van der Waals surface area contributed by atoms with E-state index in [-0.39, 0.29) is 5.82 Å². The van der Waals surface area contributed by atoms with Gasteiger partial charge in [-0.05, 0) is 32.9 Å². The fraction of sp³-hybridized carbons (Fsp3) is 0.643. The second-order valence-corrected chi connectivity index (χ2v) is 4.40. The molecular formula is C14H22F3N3O. The molecule has 1 aromatic rings. The number of pyridine rings is 1. The molecule has 0 saturated heterocycles. The number of rotatable bonds is 8. The van der Waals surface area contributed by atoms with E-state index in [1.54, 1.807) is 4.90 Å². The first-order valence-electron chi connectivity index (χ1n) is 7.08. The minimum Gasteiger partial charge on any atom is -0.380 e. The van der Waals surface area contributed by atoms with E-state index in [2.05, 4.69) is 10.3 Å². The van der Waals surface area contributed by atoms with Crippen molar-refractivity contribution in [2.24, 2.45) is 0 Å². The normalized spacial score (nSPS) is 11.5. The van der Waals surface area contributed by atoms with Crippen molar-refractivity contribution in [3.8, 4) is 0 Å². The molecule has 1 aromatic heterocycles. The molecule has 7 heteroatoms. The molecular weight excluding hydrogens is 283 g/mol. The summed E-state index contributed by atoms with van der Waals surface area (Å²) in [6.45, 7) is 8.18. The van der Waals surface area contributed by atoms with Crippen LogP contribution in [0.4, 0.5) is 24.8 Å². The third-order valence-corrected chi connectivity index (χ3v) is 2.91. The van der Waals surface area contributed by atoms with E-state index >= 15 is 0 Å². The number of anilines is 2. The summed E-state index contributed by atoms with van der Waals surface area (Å²) in [7, 11) is 0. The summed E-state index contributed by atoms with van der Waals surface area (Å²) in [5, 5.41) is 2.84. The number of nitrogens with zero attached hydrogens (tertiary/aromatic N) is 2. The molecule has 120 valence electrons. The molecule has 0 aliphatic carbocycles. The SMILES string of the molecule is CCNc1cc(C(F)(F)F)cc(N(CC)CCOCC)n1. The van der Waals surface area contributed by atoms with Crippen molar-refractivity contribution in [1.82, 2.24) is 4.98 Å². The lowest BCUT2D eigenvalue weighted by Crippen LogP contribution is -2.28. The second-order valence-electron chi connectivity index (χ2n) is 4.40. The van der Waals surface area contributed by atoms with E-state index in [9.17, 15) is 13.2 Å². The number of hydrogen-bond acceptors (Lipinski definition) is 4. The van der Waals surface area contributed by atoms with Crippen LogP contribution < -0.4 is 10.2 Å². The number of likely N-dealkylation sites (N-methyl/N-ethyl adjacent to an activating group) is 1. The Morgan fingerprint density at radius 3 is 2.48 bits per heavy atom. The fourth-order valence-corrected chi connectivity index (χ4v) is 1.87. The van der Waals surface area contributed by atoms with E-state index < -0.39 is 11.7 Å². The van der Waals surface area contributed by atoms with Crippen LogP contribution in [0.5, 0.6) is 0 Å². The van der Waals surface area contributed by atoms with Crippen LogP contribution in [0, 0.1) is 0 Å². The predicted molar refractivity (Wildman–Crippen MR) is 77.8 cm³/mol. The average molecular weight is 305 g/mol. The minimum atomic E-state index is -4.39. The average Bonchev–Trinajstić information content (AvgIpc) is 2.43. The highest BCUT2D eigenvalue weighted by atomic mass is 19.4. The van der Waals surface area contributed by atoms with Gasteiger partial charge < -0.3 is 15.0 Å². The summed E-state index contributed by atoms with van der Waals surface area (Å²) in [5.74, 6) is 0.542. The number of alkyl halides is 3. The monoisotopic (exact) mass is 305 g/mol. The van der Waals surface area contributed by atoms with Gasteiger partial charge in [-0.2, -0.15) is 13.2 Å². The second kappa shape index (κ2) is 8.07. The smallest absolute Gasteiger partial charge is 0.380 e. The quantitative estimate of drug-likeness (QED) is 0.747. The number of nitrogens with one attached hydrogen (secondary N) is 1. The summed E-state index contributed by atoms with van der Waals surface area (Å²) in [5.41, 5.74) is -0.696. The van der Waals surface area contributed by atoms with Crippen molar-refractivity contribution in [1.29, 1.82) is 0 Å². The highest BCUT2D eigenvalue weighted by Gasteiger charge is 2.32. The van der Waals surface area contributed by atoms with Crippen LogP contribution in [0.2, 0.25) is 0 Å². The largest absolute Gasteiger partial charge is 0.416 e. The van der Waals surface area contributed by atoms with E-state index in [1.807, 2.05) is 20.8 Å². The van der Waals surface area contributed by atoms with Crippen LogP contribution in [-0.2, 0) is 10.9 Å². The first-order chi connectivity index (χ1) is 9.92. The molecule has 0 aliphatic heterocycles. The van der Waals surface area contributed by atoms with Gasteiger partial charge in [0.1, 0.15) is 11.6 Å². The Labute approximate surface area is 123 Å². The molecule has 4 nitrogen and oxygen atoms in total. The Morgan fingerprint density at radius 1 is 1.24 bits per heavy atom. The van der Waals surface area contributed by atoms with Gasteiger partial charge in [0.05, 0.1) is 12.2 Å². The summed E-state index contributed by atoms with van der Waals surface area (Å²) in [6, 6.07) is 2.11. The van der Waals surface area contributed by atoms with E-state index in [0.717, 1.165) is 12.1 Å². The fourth-order valence-electron chi connectivity index (χ4n) is 1.87. The lowest BCUT2D eigenvalue weighted by atomic mass is 10.2. The summed E-state index contributed by atoms with van der Waals surface area (Å²) >= 11 is 0. The molecule has 0 aromatic carbocycles. The van der Waals surface area contributed by atoms with Crippen LogP contribution in [0.1, 0.15) is 26.3 Å². The molecule has 21 heavy (non-hydrogen) atoms. The molecule has 1 N–H and O–H groups in total. The molecule has 1 rings (SSSR count). The zero-order valence-corrected chi connectivity index (χ0v) is 12.6. The Balaban J connectivity index is 3.04. The predicted octanol–water partition coefficient (Wildman–Crippen LogP) is 3.40. The van der Waals surface area contributed by atoms with Gasteiger partial charge in [0.15, 0.2) is 0 Å². The molecule has 0 unspecified atom stereocenters. The number of halogens is 3. The van der Waals surface area contributed by atoms with Crippen molar-refractivity contribution < 1.29 is 17.9 Å². The highest BCUT2D eigenvalue weighted by Crippen LogP contribution is 2.32. The molecule has 0 bridgehead atoms. The van der Waals surface area contributed by atoms with Crippen molar-refractivity contribution in [3.63, 3.8) is 0 Å². The number of hydrogen-bond donors (Lipinski definition) is 1. The van der Waals surface area contributed by atoms with Gasteiger partial charge in [-0.3, -0.25) is 0 Å². The topological polar surface area (TPSA) is 37.4 Å². The van der Waals surface area contributed by atoms with Crippen LogP contribution in [-0.4, -0.2) is 37.8 Å². The maximum absolute atomic E-state index is 13.0. The van der Waals surface area contributed by atoms with Gasteiger partial charge in [0.2, 0.25) is 0 Å². The first kappa shape index (κ1) is 17.6. The van der Waals surface area contributed by atoms with Gasteiger partial charge in [0, 0.05) is 26.2 Å². The molecule has 0 fully saturated rings. The van der Waals surface area contributed by atoms with Crippen LogP contribution >= 0.6 is 0 Å². The molecule has 0 amide bonds. The van der Waals surface area contributed by atoms with Gasteiger partial charge >= 0.3 is 6.18 Å². The van der Waals surface area contributed by atoms with Crippen molar-refractivity contribution >= 4 is 11.6 Å². The van der Waals surface area contributed by atoms with Crippen molar-refractivity contribution in [2.45, 2.75) is 26.9 Å². The molecule has 0 radical (unpaired) electrons. The zero-order chi connectivity index (χ0) is 15.9. The van der Waals surface area contributed by atoms with Gasteiger partial charge in [-0.15, -0.1) is 0 Å². The Morgan fingerprint density at radius 2 is 1.95 bits per heavy atom. The van der Waals surface area contributed by atoms with Crippen LogP contribution in [0.3, 0.4) is 0 Å². The summed E-state index contributed by atoms with van der Waals surface area (Å²) < 4.78 is 44.1. The number of ether oxygens (including phenoxy) is 1. The third-order valence-electron chi connectivity index (χ3n) is 2.91. The van der Waals surface area contributed by atoms with Crippen molar-refractivity contribution in [2.75, 3.05) is 43.1 Å². The number of aromatic nitrogens is 1. The molecule has 0 aliphatic rings. The molecule has 0 saturated carbocycles. The van der Waals surface area contributed by atoms with Gasteiger partial charge in [-0.25, -0.2) is 4.98 Å². The van der Waals surface area contributed by atoms with Crippen LogP contribution in [0.25, 0.3) is 0 Å². The maximum Gasteiger partial charge on any atom is 0.416 e. The van der Waals surface area contributed by atoms with E-state index in [4.69, 9.17) is 4.74 Å². The van der Waals surface area contributed by atoms with Crippen molar-refractivity contribution in [3.05, 3.63) is 17.7 Å². The van der Waals surface area contributed by atoms with E-state index in [1.165, 1.54) is 0 Å². The zero-order valence-electron chi connectivity index (χ0n) is 12.6. The Kier molecular flexibility index (Phi) is 6.74. The highest BCUT2D eigenvalue weighted by molar-refractivity contribution is 5.51. The minimum absolute atomic E-state index is 0.234. The Hall–Kier alpha value is -1.50.